The van der Waals surface area contributed by atoms with Crippen LogP contribution >= 0.6 is 23.2 Å². The third-order valence-electron chi connectivity index (χ3n) is 6.62. The number of carbonyl (C=O) groups excluding carboxylic acids is 3. The minimum absolute atomic E-state index is 0.0315. The number of esters is 1. The average Bonchev–Trinajstić information content (AvgIpc) is 3.05. The summed E-state index contributed by atoms with van der Waals surface area (Å²) < 4.78 is 11.1. The van der Waals surface area contributed by atoms with Gasteiger partial charge in [0.2, 0.25) is 11.8 Å². The van der Waals surface area contributed by atoms with Crippen LogP contribution in [0.1, 0.15) is 37.3 Å². The van der Waals surface area contributed by atoms with Crippen LogP contribution in [0.5, 0.6) is 0 Å². The van der Waals surface area contributed by atoms with Crippen LogP contribution in [0.3, 0.4) is 0 Å². The van der Waals surface area contributed by atoms with Crippen LogP contribution in [0.4, 0.5) is 5.69 Å². The van der Waals surface area contributed by atoms with Gasteiger partial charge >= 0.3 is 5.97 Å². The summed E-state index contributed by atoms with van der Waals surface area (Å²) >= 11 is 12.9. The first-order chi connectivity index (χ1) is 16.8. The molecule has 7 nitrogen and oxygen atoms in total. The molecule has 0 aromatic heterocycles. The Morgan fingerprint density at radius 1 is 1.11 bits per heavy atom. The first kappa shape index (κ1) is 23.5. The maximum absolute atomic E-state index is 14.5. The fraction of sp³-hybridized carbons (Fsp3) is 0.269. The Labute approximate surface area is 212 Å². The maximum Gasteiger partial charge on any atom is 0.341 e. The molecular formula is C26H22Cl2N2O5. The van der Waals surface area contributed by atoms with E-state index >= 15 is 0 Å². The predicted octanol–water partition coefficient (Wildman–Crippen LogP) is 4.55. The minimum atomic E-state index is -1.79. The zero-order valence-electron chi connectivity index (χ0n) is 18.9. The van der Waals surface area contributed by atoms with Crippen molar-refractivity contribution >= 4 is 46.5 Å². The van der Waals surface area contributed by atoms with E-state index in [1.54, 1.807) is 49.4 Å². The third-order valence-corrected chi connectivity index (χ3v) is 7.33. The van der Waals surface area contributed by atoms with E-state index in [4.69, 9.17) is 38.4 Å². The summed E-state index contributed by atoms with van der Waals surface area (Å²) in [5.41, 5.74) is 5.99. The Morgan fingerprint density at radius 3 is 2.54 bits per heavy atom. The van der Waals surface area contributed by atoms with Crippen LogP contribution < -0.4 is 10.6 Å². The molecular weight excluding hydrogens is 491 g/mol. The normalized spacial score (nSPS) is 21.3. The number of amides is 1. The topological polar surface area (TPSA) is 98.9 Å². The number of halogens is 2. The van der Waals surface area contributed by atoms with Gasteiger partial charge in [0.15, 0.2) is 5.78 Å². The highest BCUT2D eigenvalue weighted by Gasteiger charge is 2.63. The van der Waals surface area contributed by atoms with Crippen molar-refractivity contribution in [1.82, 2.24) is 0 Å². The number of ether oxygens (including phenoxy) is 2. The molecule has 0 bridgehead atoms. The standard InChI is InChI=1S/C26H22Cl2N2O5/c1-2-34-24(32)22-23(29)35-20-12-6-11-19(31)21(20)26(22)15-7-3-4-10-18(15)30(25(26)33)13-14-16(27)8-5-9-17(14)28/h3-5,7-10H,2,6,11-13,29H2,1H3. The molecule has 1 atom stereocenters. The lowest BCUT2D eigenvalue weighted by Gasteiger charge is -2.38. The monoisotopic (exact) mass is 512 g/mol. The van der Waals surface area contributed by atoms with E-state index < -0.39 is 17.3 Å². The van der Waals surface area contributed by atoms with Gasteiger partial charge in [0.25, 0.3) is 0 Å². The lowest BCUT2D eigenvalue weighted by Crippen LogP contribution is -2.51. The largest absolute Gasteiger partial charge is 0.462 e. The number of benzene rings is 2. The number of anilines is 1. The first-order valence-corrected chi connectivity index (χ1v) is 12.0. The number of allylic oxidation sites excluding steroid dienone is 1. The molecule has 0 radical (unpaired) electrons. The number of para-hydroxylation sites is 1. The highest BCUT2D eigenvalue weighted by Crippen LogP contribution is 2.56. The number of hydrogen-bond acceptors (Lipinski definition) is 6. The molecule has 2 heterocycles. The SMILES string of the molecule is CCOC(=O)C1=C(N)OC2=C(C(=O)CCC2)C12C(=O)N(Cc1c(Cl)cccc1Cl)c1ccccc12. The molecule has 5 rings (SSSR count). The number of hydrogen-bond donors (Lipinski definition) is 1. The van der Waals surface area contributed by atoms with Crippen LogP contribution in [-0.4, -0.2) is 24.3 Å². The van der Waals surface area contributed by atoms with E-state index in [1.165, 1.54) is 4.90 Å². The highest BCUT2D eigenvalue weighted by atomic mass is 35.5. The van der Waals surface area contributed by atoms with Crippen LogP contribution in [0, 0.1) is 0 Å². The minimum Gasteiger partial charge on any atom is -0.462 e. The van der Waals surface area contributed by atoms with Crippen LogP contribution in [0.25, 0.3) is 0 Å². The zero-order valence-corrected chi connectivity index (χ0v) is 20.4. The summed E-state index contributed by atoms with van der Waals surface area (Å²) in [4.78, 5) is 42.7. The first-order valence-electron chi connectivity index (χ1n) is 11.3. The lowest BCUT2D eigenvalue weighted by molar-refractivity contribution is -0.141. The van der Waals surface area contributed by atoms with Crippen molar-refractivity contribution in [2.24, 2.45) is 5.73 Å². The molecule has 1 unspecified atom stereocenters. The van der Waals surface area contributed by atoms with Gasteiger partial charge in [-0.3, -0.25) is 9.59 Å². The van der Waals surface area contributed by atoms with Crippen molar-refractivity contribution in [3.63, 3.8) is 0 Å². The van der Waals surface area contributed by atoms with Gasteiger partial charge in [-0.2, -0.15) is 0 Å². The van der Waals surface area contributed by atoms with Crippen molar-refractivity contribution < 1.29 is 23.9 Å². The molecule has 1 aliphatic carbocycles. The number of nitrogens with two attached hydrogens (primary N) is 1. The van der Waals surface area contributed by atoms with E-state index in [9.17, 15) is 14.4 Å². The van der Waals surface area contributed by atoms with Crippen LogP contribution in [0.2, 0.25) is 10.0 Å². The summed E-state index contributed by atoms with van der Waals surface area (Å²) in [5, 5.41) is 0.787. The molecule has 2 aromatic carbocycles. The number of ketones is 1. The van der Waals surface area contributed by atoms with Gasteiger partial charge in [-0.25, -0.2) is 4.79 Å². The molecule has 2 aromatic rings. The van der Waals surface area contributed by atoms with Crippen molar-refractivity contribution in [3.8, 4) is 0 Å². The molecule has 180 valence electrons. The zero-order chi connectivity index (χ0) is 24.9. The average molecular weight is 513 g/mol. The van der Waals surface area contributed by atoms with Crippen LogP contribution in [0.15, 0.2) is 65.3 Å². The Hall–Kier alpha value is -3.29. The van der Waals surface area contributed by atoms with E-state index in [1.807, 2.05) is 0 Å². The van der Waals surface area contributed by atoms with Gasteiger partial charge < -0.3 is 20.1 Å². The van der Waals surface area contributed by atoms with E-state index in [-0.39, 0.29) is 42.4 Å². The summed E-state index contributed by atoms with van der Waals surface area (Å²) in [6.07, 6.45) is 1.21. The fourth-order valence-electron chi connectivity index (χ4n) is 5.22. The molecule has 2 aliphatic heterocycles. The highest BCUT2D eigenvalue weighted by molar-refractivity contribution is 6.36. The molecule has 1 spiro atoms. The molecule has 9 heteroatoms. The summed E-state index contributed by atoms with van der Waals surface area (Å²) in [6, 6.07) is 12.1. The molecule has 2 N–H and O–H groups in total. The van der Waals surface area contributed by atoms with Crippen molar-refractivity contribution in [3.05, 3.63) is 86.4 Å². The molecule has 0 saturated heterocycles. The lowest BCUT2D eigenvalue weighted by atomic mass is 9.64. The molecule has 0 saturated carbocycles. The van der Waals surface area contributed by atoms with Gasteiger partial charge in [0.05, 0.1) is 18.7 Å². The number of carbonyl (C=O) groups is 3. The molecule has 0 fully saturated rings. The van der Waals surface area contributed by atoms with Crippen molar-refractivity contribution in [2.75, 3.05) is 11.5 Å². The van der Waals surface area contributed by atoms with Gasteiger partial charge in [0.1, 0.15) is 16.7 Å². The Bertz CT molecular complexity index is 1330. The second-order valence-corrected chi connectivity index (χ2v) is 9.31. The van der Waals surface area contributed by atoms with Gasteiger partial charge in [0, 0.05) is 39.7 Å². The quantitative estimate of drug-likeness (QED) is 0.603. The van der Waals surface area contributed by atoms with E-state index in [0.717, 1.165) is 0 Å². The van der Waals surface area contributed by atoms with Gasteiger partial charge in [-0.05, 0) is 31.5 Å². The Balaban J connectivity index is 1.79. The van der Waals surface area contributed by atoms with Crippen molar-refractivity contribution in [1.29, 1.82) is 0 Å². The van der Waals surface area contributed by atoms with Crippen molar-refractivity contribution in [2.45, 2.75) is 38.1 Å². The van der Waals surface area contributed by atoms with Gasteiger partial charge in [-0.1, -0.05) is 47.5 Å². The maximum atomic E-state index is 14.5. The fourth-order valence-corrected chi connectivity index (χ4v) is 5.74. The Morgan fingerprint density at radius 2 is 1.83 bits per heavy atom. The summed E-state index contributed by atoms with van der Waals surface area (Å²) in [5.74, 6) is -1.51. The van der Waals surface area contributed by atoms with Crippen LogP contribution in [-0.2, 0) is 35.8 Å². The van der Waals surface area contributed by atoms with E-state index in [2.05, 4.69) is 0 Å². The van der Waals surface area contributed by atoms with E-state index in [0.29, 0.717) is 45.5 Å². The predicted molar refractivity (Wildman–Crippen MR) is 131 cm³/mol. The number of fused-ring (bicyclic) bond motifs is 3. The number of rotatable bonds is 4. The smallest absolute Gasteiger partial charge is 0.341 e. The second kappa shape index (κ2) is 8.73. The molecule has 3 aliphatic rings. The summed E-state index contributed by atoms with van der Waals surface area (Å²) in [7, 11) is 0. The third kappa shape index (κ3) is 3.37. The number of Topliss-reactive ketones (excluding diaryl/α,β-unsaturated/α-hetero) is 1. The molecule has 1 amide bonds. The second-order valence-electron chi connectivity index (χ2n) is 8.50. The van der Waals surface area contributed by atoms with Gasteiger partial charge in [-0.15, -0.1) is 0 Å². The number of nitrogens with zero attached hydrogens (tertiary/aromatic N) is 1. The summed E-state index contributed by atoms with van der Waals surface area (Å²) in [6.45, 7) is 1.74. The molecule has 35 heavy (non-hydrogen) atoms. The Kier molecular flexibility index (Phi) is 5.85.